The highest BCUT2D eigenvalue weighted by Crippen LogP contribution is 2.37. The highest BCUT2D eigenvalue weighted by molar-refractivity contribution is 7.71. The lowest BCUT2D eigenvalue weighted by Crippen LogP contribution is -2.09. The zero-order valence-electron chi connectivity index (χ0n) is 9.74. The third kappa shape index (κ3) is 2.02. The van der Waals surface area contributed by atoms with Gasteiger partial charge in [0.25, 0.3) is 0 Å². The number of H-pyrrole nitrogens is 1. The van der Waals surface area contributed by atoms with Crippen LogP contribution in [-0.4, -0.2) is 9.55 Å². The van der Waals surface area contributed by atoms with Crippen LogP contribution < -0.4 is 0 Å². The number of rotatable bonds is 3. The van der Waals surface area contributed by atoms with Gasteiger partial charge in [0.15, 0.2) is 4.77 Å². The molecule has 3 rings (SSSR count). The SMILES string of the molecule is CC(Cn1c(=S)[nH]c2cc(F)ccc21)C1CC1. The first-order valence-electron chi connectivity index (χ1n) is 6.03. The largest absolute Gasteiger partial charge is 0.330 e. The number of hydrogen-bond acceptors (Lipinski definition) is 1. The van der Waals surface area contributed by atoms with E-state index in [9.17, 15) is 4.39 Å². The Morgan fingerprint density at radius 3 is 3.00 bits per heavy atom. The van der Waals surface area contributed by atoms with Crippen LogP contribution in [0.3, 0.4) is 0 Å². The summed E-state index contributed by atoms with van der Waals surface area (Å²) in [6, 6.07) is 4.79. The van der Waals surface area contributed by atoms with Crippen molar-refractivity contribution in [3.05, 3.63) is 28.8 Å². The van der Waals surface area contributed by atoms with Crippen LogP contribution in [0.2, 0.25) is 0 Å². The van der Waals surface area contributed by atoms with Crippen LogP contribution in [-0.2, 0) is 6.54 Å². The molecule has 1 aliphatic rings. The molecule has 0 amide bonds. The van der Waals surface area contributed by atoms with Gasteiger partial charge in [-0.1, -0.05) is 6.92 Å². The van der Waals surface area contributed by atoms with Crippen molar-refractivity contribution in [2.45, 2.75) is 26.3 Å². The van der Waals surface area contributed by atoms with Crippen molar-refractivity contribution in [2.75, 3.05) is 0 Å². The molecule has 1 unspecified atom stereocenters. The van der Waals surface area contributed by atoms with Gasteiger partial charge in [-0.25, -0.2) is 4.39 Å². The Morgan fingerprint density at radius 2 is 2.29 bits per heavy atom. The van der Waals surface area contributed by atoms with Crippen LogP contribution in [0, 0.1) is 22.4 Å². The van der Waals surface area contributed by atoms with E-state index < -0.39 is 0 Å². The minimum absolute atomic E-state index is 0.226. The summed E-state index contributed by atoms with van der Waals surface area (Å²) in [6.07, 6.45) is 2.68. The molecule has 1 aromatic carbocycles. The lowest BCUT2D eigenvalue weighted by atomic mass is 10.1. The maximum absolute atomic E-state index is 13.1. The molecule has 1 fully saturated rings. The van der Waals surface area contributed by atoms with Gasteiger partial charge in [-0.3, -0.25) is 0 Å². The van der Waals surface area contributed by atoms with Gasteiger partial charge in [0.1, 0.15) is 5.82 Å². The molecule has 1 N–H and O–H groups in total. The molecule has 2 nitrogen and oxygen atoms in total. The van der Waals surface area contributed by atoms with Gasteiger partial charge >= 0.3 is 0 Å². The fraction of sp³-hybridized carbons (Fsp3) is 0.462. The molecule has 0 radical (unpaired) electrons. The third-order valence-corrected chi connectivity index (χ3v) is 3.96. The van der Waals surface area contributed by atoms with Gasteiger partial charge in [-0.05, 0) is 55.1 Å². The van der Waals surface area contributed by atoms with E-state index in [0.717, 1.165) is 23.5 Å². The number of benzene rings is 1. The summed E-state index contributed by atoms with van der Waals surface area (Å²) in [5.74, 6) is 1.27. The van der Waals surface area contributed by atoms with E-state index in [1.165, 1.54) is 25.0 Å². The summed E-state index contributed by atoms with van der Waals surface area (Å²) in [5.41, 5.74) is 1.79. The van der Waals surface area contributed by atoms with Crippen LogP contribution in [0.1, 0.15) is 19.8 Å². The van der Waals surface area contributed by atoms with Crippen molar-refractivity contribution in [3.63, 3.8) is 0 Å². The monoisotopic (exact) mass is 250 g/mol. The first kappa shape index (κ1) is 11.0. The van der Waals surface area contributed by atoms with Crippen LogP contribution >= 0.6 is 12.2 Å². The Kier molecular flexibility index (Phi) is 2.54. The van der Waals surface area contributed by atoms with Crippen molar-refractivity contribution in [2.24, 2.45) is 11.8 Å². The normalized spacial score (nSPS) is 17.5. The van der Waals surface area contributed by atoms with E-state index in [4.69, 9.17) is 12.2 Å². The second kappa shape index (κ2) is 3.95. The quantitative estimate of drug-likeness (QED) is 0.820. The lowest BCUT2D eigenvalue weighted by Gasteiger charge is -2.11. The average molecular weight is 250 g/mol. The molecule has 1 aromatic heterocycles. The predicted molar refractivity (Wildman–Crippen MR) is 69.0 cm³/mol. The van der Waals surface area contributed by atoms with E-state index in [0.29, 0.717) is 10.7 Å². The van der Waals surface area contributed by atoms with Gasteiger partial charge in [0.05, 0.1) is 11.0 Å². The first-order valence-corrected chi connectivity index (χ1v) is 6.44. The zero-order valence-corrected chi connectivity index (χ0v) is 10.6. The second-order valence-electron chi connectivity index (χ2n) is 5.02. The van der Waals surface area contributed by atoms with Gasteiger partial charge in [0, 0.05) is 6.54 Å². The van der Waals surface area contributed by atoms with Gasteiger partial charge < -0.3 is 9.55 Å². The van der Waals surface area contributed by atoms with Gasteiger partial charge in [0.2, 0.25) is 0 Å². The molecule has 1 saturated carbocycles. The van der Waals surface area contributed by atoms with Crippen LogP contribution in [0.25, 0.3) is 11.0 Å². The lowest BCUT2D eigenvalue weighted by molar-refractivity contribution is 0.434. The standard InChI is InChI=1S/C13H15FN2S/c1-8(9-2-3-9)7-16-12-5-4-10(14)6-11(12)15-13(16)17/h4-6,8-9H,2-3,7H2,1H3,(H,15,17). The molecule has 2 aromatic rings. The molecule has 0 aliphatic heterocycles. The van der Waals surface area contributed by atoms with Crippen LogP contribution in [0.4, 0.5) is 4.39 Å². The molecule has 0 bridgehead atoms. The minimum Gasteiger partial charge on any atom is -0.330 e. The van der Waals surface area contributed by atoms with E-state index in [-0.39, 0.29) is 5.82 Å². The molecular weight excluding hydrogens is 235 g/mol. The van der Waals surface area contributed by atoms with Crippen molar-refractivity contribution >= 4 is 23.3 Å². The smallest absolute Gasteiger partial charge is 0.178 e. The third-order valence-electron chi connectivity index (χ3n) is 3.63. The van der Waals surface area contributed by atoms with Gasteiger partial charge in [-0.15, -0.1) is 0 Å². The number of hydrogen-bond donors (Lipinski definition) is 1. The number of aromatic nitrogens is 2. The fourth-order valence-electron chi connectivity index (χ4n) is 2.42. The number of halogens is 1. The summed E-state index contributed by atoms with van der Waals surface area (Å²) >= 11 is 5.31. The molecule has 4 heteroatoms. The molecule has 0 spiro atoms. The number of fused-ring (bicyclic) bond motifs is 1. The summed E-state index contributed by atoms with van der Waals surface area (Å²) in [6.45, 7) is 3.19. The highest BCUT2D eigenvalue weighted by atomic mass is 32.1. The summed E-state index contributed by atoms with van der Waals surface area (Å²) in [5, 5.41) is 0. The van der Waals surface area contributed by atoms with Gasteiger partial charge in [-0.2, -0.15) is 0 Å². The Hall–Kier alpha value is -1.16. The Morgan fingerprint density at radius 1 is 1.53 bits per heavy atom. The van der Waals surface area contributed by atoms with Crippen molar-refractivity contribution in [3.8, 4) is 0 Å². The predicted octanol–water partition coefficient (Wildman–Crippen LogP) is 3.88. The molecule has 1 atom stereocenters. The summed E-state index contributed by atoms with van der Waals surface area (Å²) in [4.78, 5) is 3.07. The molecule has 1 heterocycles. The van der Waals surface area contributed by atoms with Crippen molar-refractivity contribution in [1.29, 1.82) is 0 Å². The second-order valence-corrected chi connectivity index (χ2v) is 5.40. The van der Waals surface area contributed by atoms with Crippen molar-refractivity contribution < 1.29 is 4.39 Å². The topological polar surface area (TPSA) is 20.7 Å². The van der Waals surface area contributed by atoms with E-state index in [1.807, 2.05) is 0 Å². The Bertz CT molecular complexity index is 609. The fourth-order valence-corrected chi connectivity index (χ4v) is 2.70. The van der Waals surface area contributed by atoms with E-state index in [2.05, 4.69) is 16.5 Å². The zero-order chi connectivity index (χ0) is 12.0. The number of imidazole rings is 1. The summed E-state index contributed by atoms with van der Waals surface area (Å²) in [7, 11) is 0. The maximum Gasteiger partial charge on any atom is 0.178 e. The molecule has 0 saturated heterocycles. The average Bonchev–Trinajstić information content (AvgIpc) is 3.06. The summed E-state index contributed by atoms with van der Waals surface area (Å²) < 4.78 is 15.9. The molecule has 90 valence electrons. The Labute approximate surface area is 104 Å². The van der Waals surface area contributed by atoms with E-state index in [1.54, 1.807) is 6.07 Å². The minimum atomic E-state index is -0.226. The highest BCUT2D eigenvalue weighted by Gasteiger charge is 2.28. The number of nitrogens with one attached hydrogen (secondary N) is 1. The first-order chi connectivity index (χ1) is 8.15. The number of nitrogens with zero attached hydrogens (tertiary/aromatic N) is 1. The van der Waals surface area contributed by atoms with Crippen LogP contribution in [0.15, 0.2) is 18.2 Å². The Balaban J connectivity index is 2.02. The van der Waals surface area contributed by atoms with E-state index >= 15 is 0 Å². The molecular formula is C13H15FN2S. The number of aromatic amines is 1. The molecule has 17 heavy (non-hydrogen) atoms. The maximum atomic E-state index is 13.1. The van der Waals surface area contributed by atoms with Crippen molar-refractivity contribution in [1.82, 2.24) is 9.55 Å². The van der Waals surface area contributed by atoms with Crippen LogP contribution in [0.5, 0.6) is 0 Å². The molecule has 1 aliphatic carbocycles.